The molecule has 1 aromatic heterocycles. The molecule has 1 atom stereocenters. The van der Waals surface area contributed by atoms with Crippen LogP contribution in [0.4, 0.5) is 0 Å². The van der Waals surface area contributed by atoms with Crippen LogP contribution in [-0.2, 0) is 4.74 Å². The number of rotatable bonds is 2. The van der Waals surface area contributed by atoms with E-state index in [-0.39, 0.29) is 6.04 Å². The van der Waals surface area contributed by atoms with Crippen LogP contribution in [-0.4, -0.2) is 34.5 Å². The number of carbonyl (C=O) groups is 1. The Kier molecular flexibility index (Phi) is 2.10. The molecule has 1 aromatic rings. The summed E-state index contributed by atoms with van der Waals surface area (Å²) in [6, 6.07) is 0.182. The lowest BCUT2D eigenvalue weighted by molar-refractivity contribution is 0.111. The molecular formula is C8H11N3O2. The van der Waals surface area contributed by atoms with Crippen LogP contribution in [0.25, 0.3) is 0 Å². The van der Waals surface area contributed by atoms with E-state index >= 15 is 0 Å². The van der Waals surface area contributed by atoms with Gasteiger partial charge in [-0.3, -0.25) is 4.79 Å². The van der Waals surface area contributed by atoms with Gasteiger partial charge in [-0.15, -0.1) is 5.10 Å². The maximum atomic E-state index is 10.7. The molecule has 1 aliphatic heterocycles. The number of ether oxygens (including phenoxy) is 1. The molecule has 70 valence electrons. The fraction of sp³-hybridized carbons (Fsp3) is 0.625. The van der Waals surface area contributed by atoms with E-state index < -0.39 is 0 Å². The highest BCUT2D eigenvalue weighted by molar-refractivity contribution is 5.73. The van der Waals surface area contributed by atoms with E-state index in [1.165, 1.54) is 0 Å². The predicted octanol–water partition coefficient (Wildman–Crippen LogP) is 0.360. The number of hydrogen-bond donors (Lipinski definition) is 0. The Labute approximate surface area is 75.7 Å². The molecule has 13 heavy (non-hydrogen) atoms. The Balaban J connectivity index is 2.32. The van der Waals surface area contributed by atoms with Gasteiger partial charge in [0.15, 0.2) is 6.29 Å². The van der Waals surface area contributed by atoms with Crippen molar-refractivity contribution in [3.63, 3.8) is 0 Å². The first kappa shape index (κ1) is 8.37. The zero-order chi connectivity index (χ0) is 9.26. The van der Waals surface area contributed by atoms with Crippen molar-refractivity contribution in [2.24, 2.45) is 0 Å². The molecule has 0 bridgehead atoms. The summed E-state index contributed by atoms with van der Waals surface area (Å²) in [5.74, 6) is 0. The Morgan fingerprint density at radius 2 is 2.54 bits per heavy atom. The Hall–Kier alpha value is -1.23. The van der Waals surface area contributed by atoms with E-state index in [9.17, 15) is 4.79 Å². The van der Waals surface area contributed by atoms with Crippen molar-refractivity contribution in [1.29, 1.82) is 0 Å². The second-order valence-electron chi connectivity index (χ2n) is 3.14. The smallest absolute Gasteiger partial charge is 0.170 e. The van der Waals surface area contributed by atoms with Gasteiger partial charge in [0.05, 0.1) is 18.3 Å². The number of carbonyl (C=O) groups excluding carboxylic acids is 1. The summed E-state index contributed by atoms with van der Waals surface area (Å²) in [6.07, 6.45) is 1.71. The third-order valence-corrected chi connectivity index (χ3v) is 2.27. The first-order chi connectivity index (χ1) is 6.33. The van der Waals surface area contributed by atoms with E-state index in [0.29, 0.717) is 18.0 Å². The fourth-order valence-corrected chi connectivity index (χ4v) is 1.50. The van der Waals surface area contributed by atoms with E-state index in [1.807, 2.05) is 0 Å². The van der Waals surface area contributed by atoms with Crippen molar-refractivity contribution < 1.29 is 9.53 Å². The van der Waals surface area contributed by atoms with Crippen molar-refractivity contribution in [3.05, 3.63) is 11.4 Å². The summed E-state index contributed by atoms with van der Waals surface area (Å²) >= 11 is 0. The van der Waals surface area contributed by atoms with Crippen LogP contribution in [0.5, 0.6) is 0 Å². The van der Waals surface area contributed by atoms with E-state index in [2.05, 4.69) is 10.3 Å². The highest BCUT2D eigenvalue weighted by Gasteiger charge is 2.22. The summed E-state index contributed by atoms with van der Waals surface area (Å²) in [4.78, 5) is 10.7. The molecule has 1 fully saturated rings. The van der Waals surface area contributed by atoms with Gasteiger partial charge >= 0.3 is 0 Å². The van der Waals surface area contributed by atoms with Crippen molar-refractivity contribution in [1.82, 2.24) is 15.0 Å². The minimum absolute atomic E-state index is 0.182. The Bertz CT molecular complexity index is 315. The fourth-order valence-electron chi connectivity index (χ4n) is 1.50. The van der Waals surface area contributed by atoms with Crippen LogP contribution in [0, 0.1) is 6.92 Å². The maximum absolute atomic E-state index is 10.7. The lowest BCUT2D eigenvalue weighted by Gasteiger charge is -2.07. The normalized spacial score (nSPS) is 22.1. The van der Waals surface area contributed by atoms with Crippen LogP contribution >= 0.6 is 0 Å². The summed E-state index contributed by atoms with van der Waals surface area (Å²) in [7, 11) is 0. The second-order valence-corrected chi connectivity index (χ2v) is 3.14. The summed E-state index contributed by atoms with van der Waals surface area (Å²) in [6.45, 7) is 3.15. The van der Waals surface area contributed by atoms with E-state index in [0.717, 1.165) is 19.3 Å². The standard InChI is InChI=1S/C8H11N3O2/c1-6-8(4-12)11(10-9-6)7-2-3-13-5-7/h4,7H,2-3,5H2,1H3. The zero-order valence-corrected chi connectivity index (χ0v) is 7.43. The van der Waals surface area contributed by atoms with Crippen molar-refractivity contribution >= 4 is 6.29 Å². The molecule has 0 spiro atoms. The van der Waals surface area contributed by atoms with Gasteiger partial charge in [0, 0.05) is 6.61 Å². The van der Waals surface area contributed by atoms with Crippen LogP contribution in [0.15, 0.2) is 0 Å². The predicted molar refractivity (Wildman–Crippen MR) is 44.6 cm³/mol. The Morgan fingerprint density at radius 1 is 1.69 bits per heavy atom. The van der Waals surface area contributed by atoms with Crippen molar-refractivity contribution in [2.75, 3.05) is 13.2 Å². The molecule has 2 heterocycles. The highest BCUT2D eigenvalue weighted by atomic mass is 16.5. The molecule has 2 rings (SSSR count). The third-order valence-electron chi connectivity index (χ3n) is 2.27. The molecule has 5 nitrogen and oxygen atoms in total. The second kappa shape index (κ2) is 3.26. The van der Waals surface area contributed by atoms with Gasteiger partial charge in [0.25, 0.3) is 0 Å². The van der Waals surface area contributed by atoms with E-state index in [4.69, 9.17) is 4.74 Å². The molecule has 0 N–H and O–H groups in total. The minimum Gasteiger partial charge on any atom is -0.379 e. The van der Waals surface area contributed by atoms with Gasteiger partial charge in [-0.1, -0.05) is 5.21 Å². The lowest BCUT2D eigenvalue weighted by atomic mass is 10.2. The topological polar surface area (TPSA) is 57.0 Å². The molecule has 0 saturated carbocycles. The number of aromatic nitrogens is 3. The largest absolute Gasteiger partial charge is 0.379 e. The molecule has 0 radical (unpaired) electrons. The summed E-state index contributed by atoms with van der Waals surface area (Å²) in [5, 5.41) is 7.78. The third kappa shape index (κ3) is 1.35. The molecule has 1 saturated heterocycles. The van der Waals surface area contributed by atoms with Crippen LogP contribution in [0.2, 0.25) is 0 Å². The van der Waals surface area contributed by atoms with Gasteiger partial charge in [-0.2, -0.15) is 0 Å². The van der Waals surface area contributed by atoms with Crippen LogP contribution in [0.1, 0.15) is 28.6 Å². The highest BCUT2D eigenvalue weighted by Crippen LogP contribution is 2.19. The zero-order valence-electron chi connectivity index (χ0n) is 7.43. The van der Waals surface area contributed by atoms with Gasteiger partial charge in [-0.25, -0.2) is 4.68 Å². The number of hydrogen-bond acceptors (Lipinski definition) is 4. The molecule has 1 unspecified atom stereocenters. The van der Waals surface area contributed by atoms with Crippen LogP contribution < -0.4 is 0 Å². The minimum atomic E-state index is 0.182. The molecule has 0 amide bonds. The monoisotopic (exact) mass is 181 g/mol. The molecule has 1 aliphatic rings. The van der Waals surface area contributed by atoms with E-state index in [1.54, 1.807) is 11.6 Å². The lowest BCUT2D eigenvalue weighted by Crippen LogP contribution is -2.13. The maximum Gasteiger partial charge on any atom is 0.170 e. The van der Waals surface area contributed by atoms with Gasteiger partial charge in [0.1, 0.15) is 5.69 Å². The SMILES string of the molecule is Cc1nnn(C2CCOC2)c1C=O. The van der Waals surface area contributed by atoms with Gasteiger partial charge in [0.2, 0.25) is 0 Å². The van der Waals surface area contributed by atoms with Crippen molar-refractivity contribution in [3.8, 4) is 0 Å². The van der Waals surface area contributed by atoms with Gasteiger partial charge in [-0.05, 0) is 13.3 Å². The summed E-state index contributed by atoms with van der Waals surface area (Å²) < 4.78 is 6.88. The average molecular weight is 181 g/mol. The molecule has 0 aromatic carbocycles. The number of nitrogens with zero attached hydrogens (tertiary/aromatic N) is 3. The average Bonchev–Trinajstić information content (AvgIpc) is 2.71. The molecule has 5 heteroatoms. The first-order valence-corrected chi connectivity index (χ1v) is 4.27. The quantitative estimate of drug-likeness (QED) is 0.618. The van der Waals surface area contributed by atoms with Gasteiger partial charge < -0.3 is 4.74 Å². The molecule has 0 aliphatic carbocycles. The first-order valence-electron chi connectivity index (χ1n) is 4.27. The van der Waals surface area contributed by atoms with Crippen LogP contribution in [0.3, 0.4) is 0 Å². The number of aldehydes is 1. The molecular weight excluding hydrogens is 170 g/mol. The number of aryl methyl sites for hydroxylation is 1. The summed E-state index contributed by atoms with van der Waals surface area (Å²) in [5.41, 5.74) is 1.25. The Morgan fingerprint density at radius 3 is 3.15 bits per heavy atom. The van der Waals surface area contributed by atoms with Crippen molar-refractivity contribution in [2.45, 2.75) is 19.4 Å².